The van der Waals surface area contributed by atoms with Crippen LogP contribution in [-0.4, -0.2) is 30.0 Å². The van der Waals surface area contributed by atoms with Gasteiger partial charge in [-0.15, -0.1) is 0 Å². The highest BCUT2D eigenvalue weighted by Gasteiger charge is 2.39. The number of nitrogens with zero attached hydrogens (tertiary/aromatic N) is 1. The van der Waals surface area contributed by atoms with Crippen molar-refractivity contribution in [3.05, 3.63) is 39.4 Å². The second-order valence-corrected chi connectivity index (χ2v) is 3.64. The second kappa shape index (κ2) is 5.97. The first-order valence-corrected chi connectivity index (χ1v) is 5.11. The number of halogens is 1. The predicted molar refractivity (Wildman–Crippen MR) is 62.9 cm³/mol. The normalized spacial score (nSPS) is 11.4. The van der Waals surface area contributed by atoms with Crippen molar-refractivity contribution in [1.29, 1.82) is 0 Å². The van der Waals surface area contributed by atoms with Crippen molar-refractivity contribution in [2.24, 2.45) is 0 Å². The zero-order valence-electron chi connectivity index (χ0n) is 9.25. The lowest BCUT2D eigenvalue weighted by molar-refractivity contribution is -0.495. The van der Waals surface area contributed by atoms with Crippen LogP contribution in [0.15, 0.2) is 24.3 Å². The van der Waals surface area contributed by atoms with Crippen LogP contribution in [-0.2, 0) is 14.3 Å². The second-order valence-electron chi connectivity index (χ2n) is 3.21. The quantitative estimate of drug-likeness (QED) is 0.383. The van der Waals surface area contributed by atoms with Gasteiger partial charge in [-0.2, -0.15) is 0 Å². The molecule has 0 saturated heterocycles. The van der Waals surface area contributed by atoms with E-state index in [9.17, 15) is 19.7 Å². The van der Waals surface area contributed by atoms with Gasteiger partial charge in [-0.1, -0.05) is 11.6 Å². The predicted octanol–water partition coefficient (Wildman–Crippen LogP) is 1.10. The molecule has 0 aromatic heterocycles. The van der Waals surface area contributed by atoms with Gasteiger partial charge in [0.15, 0.2) is 0 Å². The lowest BCUT2D eigenvalue weighted by atomic mass is 10.2. The van der Waals surface area contributed by atoms with Crippen LogP contribution in [0.5, 0.6) is 0 Å². The Labute approximate surface area is 107 Å². The van der Waals surface area contributed by atoms with Crippen LogP contribution in [0.4, 0.5) is 5.69 Å². The molecule has 1 amide bonds. The number of rotatable bonds is 4. The number of hydrogen-bond acceptors (Lipinski definition) is 5. The summed E-state index contributed by atoms with van der Waals surface area (Å²) in [4.78, 5) is 32.2. The maximum Gasteiger partial charge on any atom is 0.391 e. The van der Waals surface area contributed by atoms with Gasteiger partial charge >= 0.3 is 17.9 Å². The van der Waals surface area contributed by atoms with Gasteiger partial charge in [0.1, 0.15) is 0 Å². The zero-order chi connectivity index (χ0) is 13.7. The van der Waals surface area contributed by atoms with Crippen LogP contribution in [0.2, 0.25) is 5.02 Å². The van der Waals surface area contributed by atoms with Crippen molar-refractivity contribution in [2.45, 2.75) is 6.04 Å². The molecule has 1 atom stereocenters. The molecule has 1 unspecified atom stereocenters. The topological polar surface area (TPSA) is 98.5 Å². The third-order valence-corrected chi connectivity index (χ3v) is 2.25. The number of carbonyl (C=O) groups excluding carboxylic acids is 2. The smallest absolute Gasteiger partial charge is 0.391 e. The summed E-state index contributed by atoms with van der Waals surface area (Å²) in [5.41, 5.74) is 0.292. The third kappa shape index (κ3) is 3.42. The Bertz CT molecular complexity index is 474. The number of ether oxygens (including phenoxy) is 1. The highest BCUT2D eigenvalue weighted by atomic mass is 35.5. The Balaban J connectivity index is 2.82. The van der Waals surface area contributed by atoms with Crippen LogP contribution < -0.4 is 5.32 Å². The molecule has 0 aliphatic carbocycles. The molecule has 0 aliphatic rings. The maximum atomic E-state index is 11.6. The fourth-order valence-corrected chi connectivity index (χ4v) is 1.27. The van der Waals surface area contributed by atoms with Crippen molar-refractivity contribution in [2.75, 3.05) is 12.4 Å². The Kier molecular flexibility index (Phi) is 4.61. The largest absolute Gasteiger partial charge is 0.464 e. The van der Waals surface area contributed by atoms with E-state index in [2.05, 4.69) is 10.1 Å². The Morgan fingerprint density at radius 1 is 1.39 bits per heavy atom. The van der Waals surface area contributed by atoms with Crippen LogP contribution >= 0.6 is 11.6 Å². The van der Waals surface area contributed by atoms with E-state index >= 15 is 0 Å². The van der Waals surface area contributed by atoms with Gasteiger partial charge in [-0.25, -0.2) is 4.79 Å². The number of esters is 1. The van der Waals surface area contributed by atoms with Gasteiger partial charge in [0.25, 0.3) is 0 Å². The Morgan fingerprint density at radius 2 is 1.94 bits per heavy atom. The van der Waals surface area contributed by atoms with Crippen LogP contribution in [0.25, 0.3) is 0 Å². The highest BCUT2D eigenvalue weighted by Crippen LogP contribution is 2.13. The van der Waals surface area contributed by atoms with Gasteiger partial charge in [0.2, 0.25) is 0 Å². The van der Waals surface area contributed by atoms with E-state index in [0.717, 1.165) is 7.11 Å². The third-order valence-electron chi connectivity index (χ3n) is 2.00. The monoisotopic (exact) mass is 272 g/mol. The van der Waals surface area contributed by atoms with Gasteiger partial charge < -0.3 is 10.1 Å². The van der Waals surface area contributed by atoms with E-state index in [0.29, 0.717) is 10.7 Å². The van der Waals surface area contributed by atoms with E-state index in [-0.39, 0.29) is 0 Å². The maximum absolute atomic E-state index is 11.6. The van der Waals surface area contributed by atoms with Crippen molar-refractivity contribution in [3.8, 4) is 0 Å². The molecule has 7 nitrogen and oxygen atoms in total. The summed E-state index contributed by atoms with van der Waals surface area (Å²) >= 11 is 5.64. The Morgan fingerprint density at radius 3 is 2.39 bits per heavy atom. The van der Waals surface area contributed by atoms with Crippen LogP contribution in [0.3, 0.4) is 0 Å². The van der Waals surface area contributed by atoms with Crippen molar-refractivity contribution < 1.29 is 19.2 Å². The summed E-state index contributed by atoms with van der Waals surface area (Å²) < 4.78 is 4.19. The molecule has 96 valence electrons. The summed E-state index contributed by atoms with van der Waals surface area (Å²) in [6.07, 6.45) is 0. The molecule has 18 heavy (non-hydrogen) atoms. The van der Waals surface area contributed by atoms with Crippen molar-refractivity contribution in [3.63, 3.8) is 0 Å². The van der Waals surface area contributed by atoms with Crippen molar-refractivity contribution >= 4 is 29.2 Å². The van der Waals surface area contributed by atoms with Crippen molar-refractivity contribution in [1.82, 2.24) is 0 Å². The van der Waals surface area contributed by atoms with Crippen LogP contribution in [0.1, 0.15) is 0 Å². The van der Waals surface area contributed by atoms with Gasteiger partial charge in [0, 0.05) is 15.6 Å². The van der Waals surface area contributed by atoms with E-state index in [1.54, 1.807) is 0 Å². The fraction of sp³-hybridized carbons (Fsp3) is 0.200. The summed E-state index contributed by atoms with van der Waals surface area (Å²) in [5.74, 6) is -2.30. The minimum Gasteiger partial charge on any atom is -0.464 e. The molecule has 0 spiro atoms. The number of hydrogen-bond donors (Lipinski definition) is 1. The highest BCUT2D eigenvalue weighted by molar-refractivity contribution is 6.30. The van der Waals surface area contributed by atoms with E-state index in [1.165, 1.54) is 24.3 Å². The van der Waals surface area contributed by atoms with E-state index in [1.807, 2.05) is 0 Å². The number of benzene rings is 1. The molecule has 1 aromatic rings. The van der Waals surface area contributed by atoms with Gasteiger partial charge in [0.05, 0.1) is 7.11 Å². The molecular formula is C10H9ClN2O5. The number of anilines is 1. The average Bonchev–Trinajstić information content (AvgIpc) is 2.31. The molecule has 1 rings (SSSR count). The molecule has 0 heterocycles. The minimum atomic E-state index is -2.09. The molecular weight excluding hydrogens is 264 g/mol. The number of methoxy groups -OCH3 is 1. The summed E-state index contributed by atoms with van der Waals surface area (Å²) in [5, 5.41) is 13.3. The first-order chi connectivity index (χ1) is 8.45. The zero-order valence-corrected chi connectivity index (χ0v) is 10.0. The Hall–Kier alpha value is -2.15. The van der Waals surface area contributed by atoms with Gasteiger partial charge in [-0.3, -0.25) is 14.9 Å². The number of nitro groups is 1. The molecule has 0 saturated carbocycles. The molecule has 8 heteroatoms. The lowest BCUT2D eigenvalue weighted by Crippen LogP contribution is -2.42. The lowest BCUT2D eigenvalue weighted by Gasteiger charge is -2.08. The standard InChI is InChI=1S/C10H9ClN2O5/c1-18-10(15)8(13(16)17)9(14)12-7-4-2-6(11)3-5-7/h2-5,8H,1H3,(H,12,14). The number of amides is 1. The van der Waals surface area contributed by atoms with Crippen LogP contribution in [0, 0.1) is 10.1 Å². The molecule has 0 bridgehead atoms. The van der Waals surface area contributed by atoms with E-state index < -0.39 is 22.8 Å². The molecule has 0 aliphatic heterocycles. The molecule has 0 fully saturated rings. The summed E-state index contributed by atoms with van der Waals surface area (Å²) in [6.45, 7) is 0. The summed E-state index contributed by atoms with van der Waals surface area (Å²) in [7, 11) is 0.967. The molecule has 0 radical (unpaired) electrons. The number of nitrogens with one attached hydrogen (secondary N) is 1. The molecule has 1 N–H and O–H groups in total. The number of carbonyl (C=O) groups is 2. The first kappa shape index (κ1) is 13.9. The fourth-order valence-electron chi connectivity index (χ4n) is 1.14. The average molecular weight is 273 g/mol. The summed E-state index contributed by atoms with van der Waals surface area (Å²) in [6, 6.07) is 3.81. The first-order valence-electron chi connectivity index (χ1n) is 4.73. The van der Waals surface area contributed by atoms with Gasteiger partial charge in [-0.05, 0) is 24.3 Å². The SMILES string of the molecule is COC(=O)C(C(=O)Nc1ccc(Cl)cc1)[N+](=O)[O-]. The molecule has 1 aromatic carbocycles. The minimum absolute atomic E-state index is 0.292. The van der Waals surface area contributed by atoms with E-state index in [4.69, 9.17) is 11.6 Å².